The Hall–Kier alpha value is -2.76. The number of fused-ring (bicyclic) bond motifs is 1. The number of nitrogens with one attached hydrogen (secondary N) is 1. The van der Waals surface area contributed by atoms with E-state index in [-0.39, 0.29) is 11.9 Å². The fourth-order valence-electron chi connectivity index (χ4n) is 3.25. The molecule has 1 amide bonds. The van der Waals surface area contributed by atoms with E-state index in [9.17, 15) is 4.79 Å². The van der Waals surface area contributed by atoms with Gasteiger partial charge in [0.2, 0.25) is 0 Å². The van der Waals surface area contributed by atoms with Crippen LogP contribution in [0.2, 0.25) is 0 Å². The lowest BCUT2D eigenvalue weighted by atomic mass is 10.1. The fraction of sp³-hybridized carbons (Fsp3) is 0.294. The summed E-state index contributed by atoms with van der Waals surface area (Å²) in [7, 11) is 0. The molecule has 1 atom stereocenters. The molecule has 0 saturated carbocycles. The number of aryl methyl sites for hydroxylation is 1. The summed E-state index contributed by atoms with van der Waals surface area (Å²) >= 11 is 0. The Bertz CT molecular complexity index is 858. The molecule has 1 aromatic carbocycles. The molecule has 116 valence electrons. The van der Waals surface area contributed by atoms with Gasteiger partial charge in [0, 0.05) is 18.3 Å². The van der Waals surface area contributed by atoms with Gasteiger partial charge in [0.15, 0.2) is 0 Å². The number of hydrogen-bond acceptors (Lipinski definition) is 4. The van der Waals surface area contributed by atoms with Gasteiger partial charge in [-0.1, -0.05) is 0 Å². The van der Waals surface area contributed by atoms with Gasteiger partial charge in [0.25, 0.3) is 5.91 Å². The van der Waals surface area contributed by atoms with Gasteiger partial charge in [-0.05, 0) is 44.0 Å². The molecule has 1 N–H and O–H groups in total. The van der Waals surface area contributed by atoms with Crippen molar-refractivity contribution in [1.82, 2.24) is 24.8 Å². The van der Waals surface area contributed by atoms with E-state index >= 15 is 0 Å². The van der Waals surface area contributed by atoms with Crippen molar-refractivity contribution in [2.75, 3.05) is 6.54 Å². The number of nitrogens with zero attached hydrogens (tertiary/aromatic N) is 4. The molecular weight excluding hydrogens is 290 g/mol. The molecular formula is C17H17N5O. The first-order valence-corrected chi connectivity index (χ1v) is 7.75. The van der Waals surface area contributed by atoms with Crippen molar-refractivity contribution in [3.63, 3.8) is 0 Å². The largest absolute Gasteiger partial charge is 0.342 e. The zero-order chi connectivity index (χ0) is 15.8. The number of rotatable bonds is 2. The second kappa shape index (κ2) is 5.46. The number of aromatic nitrogens is 4. The number of aromatic amines is 1. The molecule has 1 aliphatic rings. The number of likely N-dealkylation sites (tertiary alicyclic amines) is 1. The van der Waals surface area contributed by atoms with Gasteiger partial charge in [0.1, 0.15) is 12.2 Å². The van der Waals surface area contributed by atoms with Crippen molar-refractivity contribution in [2.45, 2.75) is 25.8 Å². The van der Waals surface area contributed by atoms with Crippen LogP contribution in [0.25, 0.3) is 11.0 Å². The Balaban J connectivity index is 1.66. The third-order valence-electron chi connectivity index (χ3n) is 4.31. The standard InChI is InChI=1S/C17H17N5O/c1-11-20-13-5-4-12(9-15(13)21-11)17(23)22-8-2-3-16(22)14-6-7-18-10-19-14/h4-7,9-10,16H,2-3,8H2,1H3,(H,20,21)/t16-/m1/s1. The van der Waals surface area contributed by atoms with Crippen LogP contribution in [0, 0.1) is 6.92 Å². The van der Waals surface area contributed by atoms with E-state index in [1.165, 1.54) is 6.33 Å². The van der Waals surface area contributed by atoms with E-state index in [0.29, 0.717) is 5.56 Å². The number of amides is 1. The van der Waals surface area contributed by atoms with Gasteiger partial charge in [-0.3, -0.25) is 4.79 Å². The van der Waals surface area contributed by atoms with Crippen LogP contribution in [0.3, 0.4) is 0 Å². The second-order valence-electron chi connectivity index (χ2n) is 5.84. The maximum Gasteiger partial charge on any atom is 0.254 e. The van der Waals surface area contributed by atoms with Gasteiger partial charge in [-0.25, -0.2) is 15.0 Å². The van der Waals surface area contributed by atoms with Gasteiger partial charge >= 0.3 is 0 Å². The fourth-order valence-corrected chi connectivity index (χ4v) is 3.25. The van der Waals surface area contributed by atoms with E-state index in [1.54, 1.807) is 6.20 Å². The molecule has 0 aliphatic carbocycles. The molecule has 3 aromatic rings. The summed E-state index contributed by atoms with van der Waals surface area (Å²) in [4.78, 5) is 30.7. The van der Waals surface area contributed by atoms with Gasteiger partial charge in [-0.15, -0.1) is 0 Å². The van der Waals surface area contributed by atoms with Crippen LogP contribution < -0.4 is 0 Å². The highest BCUT2D eigenvalue weighted by Crippen LogP contribution is 2.32. The summed E-state index contributed by atoms with van der Waals surface area (Å²) in [6.45, 7) is 2.67. The van der Waals surface area contributed by atoms with Crippen molar-refractivity contribution in [3.8, 4) is 0 Å². The van der Waals surface area contributed by atoms with E-state index in [1.807, 2.05) is 36.1 Å². The van der Waals surface area contributed by atoms with Crippen molar-refractivity contribution in [2.24, 2.45) is 0 Å². The molecule has 6 heteroatoms. The summed E-state index contributed by atoms with van der Waals surface area (Å²) in [5.41, 5.74) is 3.37. The third-order valence-corrected chi connectivity index (χ3v) is 4.31. The molecule has 1 saturated heterocycles. The number of benzene rings is 1. The van der Waals surface area contributed by atoms with Crippen LogP contribution in [0.1, 0.15) is 40.8 Å². The zero-order valence-corrected chi connectivity index (χ0v) is 12.9. The lowest BCUT2D eigenvalue weighted by Gasteiger charge is -2.24. The number of imidazole rings is 1. The minimum absolute atomic E-state index is 0.0321. The summed E-state index contributed by atoms with van der Waals surface area (Å²) in [5, 5.41) is 0. The first-order chi connectivity index (χ1) is 11.2. The van der Waals surface area contributed by atoms with E-state index in [4.69, 9.17) is 0 Å². The normalized spacial score (nSPS) is 17.8. The molecule has 0 radical (unpaired) electrons. The predicted molar refractivity (Wildman–Crippen MR) is 85.9 cm³/mol. The Kier molecular flexibility index (Phi) is 3.29. The van der Waals surface area contributed by atoms with Crippen molar-refractivity contribution in [1.29, 1.82) is 0 Å². The molecule has 0 spiro atoms. The number of carbonyl (C=O) groups excluding carboxylic acids is 1. The summed E-state index contributed by atoms with van der Waals surface area (Å²) in [6.07, 6.45) is 5.19. The molecule has 4 rings (SSSR count). The number of carbonyl (C=O) groups is 1. The second-order valence-corrected chi connectivity index (χ2v) is 5.84. The Morgan fingerprint density at radius 2 is 2.26 bits per heavy atom. The highest BCUT2D eigenvalue weighted by atomic mass is 16.2. The van der Waals surface area contributed by atoms with Crippen LogP contribution in [0.5, 0.6) is 0 Å². The van der Waals surface area contributed by atoms with E-state index < -0.39 is 0 Å². The topological polar surface area (TPSA) is 74.8 Å². The lowest BCUT2D eigenvalue weighted by Crippen LogP contribution is -2.31. The molecule has 6 nitrogen and oxygen atoms in total. The highest BCUT2D eigenvalue weighted by molar-refractivity contribution is 5.97. The van der Waals surface area contributed by atoms with Crippen molar-refractivity contribution in [3.05, 3.63) is 53.9 Å². The molecule has 0 bridgehead atoms. The maximum atomic E-state index is 12.9. The average Bonchev–Trinajstić information content (AvgIpc) is 3.19. The summed E-state index contributed by atoms with van der Waals surface area (Å²) in [5.74, 6) is 0.893. The zero-order valence-electron chi connectivity index (χ0n) is 12.9. The first kappa shape index (κ1) is 13.9. The molecule has 1 aliphatic heterocycles. The first-order valence-electron chi connectivity index (χ1n) is 7.75. The summed E-state index contributed by atoms with van der Waals surface area (Å²) < 4.78 is 0. The average molecular weight is 307 g/mol. The Morgan fingerprint density at radius 1 is 1.35 bits per heavy atom. The van der Waals surface area contributed by atoms with Crippen LogP contribution in [-0.2, 0) is 0 Å². The summed E-state index contributed by atoms with van der Waals surface area (Å²) in [6, 6.07) is 7.54. The Morgan fingerprint density at radius 3 is 3.09 bits per heavy atom. The Labute approximate surface area is 133 Å². The highest BCUT2D eigenvalue weighted by Gasteiger charge is 2.31. The van der Waals surface area contributed by atoms with Crippen LogP contribution in [0.4, 0.5) is 0 Å². The molecule has 2 aromatic heterocycles. The minimum atomic E-state index is 0.0321. The molecule has 23 heavy (non-hydrogen) atoms. The third kappa shape index (κ3) is 2.46. The molecule has 3 heterocycles. The van der Waals surface area contributed by atoms with E-state index in [2.05, 4.69) is 19.9 Å². The van der Waals surface area contributed by atoms with Gasteiger partial charge < -0.3 is 9.88 Å². The lowest BCUT2D eigenvalue weighted by molar-refractivity contribution is 0.0733. The maximum absolute atomic E-state index is 12.9. The van der Waals surface area contributed by atoms with Crippen molar-refractivity contribution < 1.29 is 4.79 Å². The monoisotopic (exact) mass is 307 g/mol. The predicted octanol–water partition coefficient (Wildman–Crippen LogP) is 2.64. The number of H-pyrrole nitrogens is 1. The SMILES string of the molecule is Cc1nc2ccc(C(=O)N3CCC[C@@H]3c3ccncn3)cc2[nH]1. The van der Waals surface area contributed by atoms with Gasteiger partial charge in [-0.2, -0.15) is 0 Å². The van der Waals surface area contributed by atoms with Crippen LogP contribution >= 0.6 is 0 Å². The van der Waals surface area contributed by atoms with Gasteiger partial charge in [0.05, 0.1) is 22.8 Å². The quantitative estimate of drug-likeness (QED) is 0.789. The van der Waals surface area contributed by atoms with Crippen molar-refractivity contribution >= 4 is 16.9 Å². The minimum Gasteiger partial charge on any atom is -0.342 e. The molecule has 1 fully saturated rings. The van der Waals surface area contributed by atoms with E-state index in [0.717, 1.165) is 41.9 Å². The van der Waals surface area contributed by atoms with Crippen LogP contribution in [0.15, 0.2) is 36.8 Å². The number of hydrogen-bond donors (Lipinski definition) is 1. The smallest absolute Gasteiger partial charge is 0.254 e. The van der Waals surface area contributed by atoms with Crippen LogP contribution in [-0.4, -0.2) is 37.3 Å². The molecule has 0 unspecified atom stereocenters.